The number of sulfonamides is 1. The Hall–Kier alpha value is -1.07. The molecule has 4 nitrogen and oxygen atoms in total. The molecule has 3 N–H and O–H groups in total. The molecule has 0 fully saturated rings. The average molecular weight is 256 g/mol. The number of rotatable bonds is 5. The van der Waals surface area contributed by atoms with E-state index >= 15 is 0 Å². The van der Waals surface area contributed by atoms with Crippen LogP contribution in [0.15, 0.2) is 24.3 Å². The molecule has 96 valence electrons. The van der Waals surface area contributed by atoms with Crippen molar-refractivity contribution in [2.75, 3.05) is 17.5 Å². The summed E-state index contributed by atoms with van der Waals surface area (Å²) in [5.74, 6) is 0. The molecule has 0 spiro atoms. The summed E-state index contributed by atoms with van der Waals surface area (Å²) >= 11 is 0. The topological polar surface area (TPSA) is 72.2 Å². The number of benzene rings is 1. The molecule has 1 atom stereocenters. The Balaban J connectivity index is 2.96. The van der Waals surface area contributed by atoms with Gasteiger partial charge in [0, 0.05) is 17.6 Å². The van der Waals surface area contributed by atoms with Crippen LogP contribution in [0.2, 0.25) is 0 Å². The van der Waals surface area contributed by atoms with Crippen LogP contribution >= 0.6 is 0 Å². The highest BCUT2D eigenvalue weighted by atomic mass is 32.2. The van der Waals surface area contributed by atoms with E-state index in [1.54, 1.807) is 12.1 Å². The van der Waals surface area contributed by atoms with Crippen molar-refractivity contribution >= 4 is 15.7 Å². The second-order valence-electron chi connectivity index (χ2n) is 4.57. The number of nitrogens with one attached hydrogen (secondary N) is 1. The van der Waals surface area contributed by atoms with E-state index in [2.05, 4.69) is 18.6 Å². The standard InChI is InChI=1S/C12H20N2O2S/c1-4-12(2,9-13)10-5-7-11(8-6-10)14-17(3,15)16/h5-8,14H,4,9,13H2,1-3H3. The molecule has 17 heavy (non-hydrogen) atoms. The molecule has 1 unspecified atom stereocenters. The molecule has 0 bridgehead atoms. The number of hydrogen-bond acceptors (Lipinski definition) is 3. The van der Waals surface area contributed by atoms with E-state index in [-0.39, 0.29) is 5.41 Å². The minimum Gasteiger partial charge on any atom is -0.330 e. The lowest BCUT2D eigenvalue weighted by atomic mass is 9.80. The van der Waals surface area contributed by atoms with Crippen LogP contribution in [-0.4, -0.2) is 21.2 Å². The highest BCUT2D eigenvalue weighted by molar-refractivity contribution is 7.92. The second-order valence-corrected chi connectivity index (χ2v) is 6.32. The first-order valence-electron chi connectivity index (χ1n) is 5.59. The van der Waals surface area contributed by atoms with E-state index in [0.29, 0.717) is 12.2 Å². The van der Waals surface area contributed by atoms with E-state index in [4.69, 9.17) is 5.73 Å². The number of hydrogen-bond donors (Lipinski definition) is 2. The predicted octanol–water partition coefficient (Wildman–Crippen LogP) is 1.68. The maximum Gasteiger partial charge on any atom is 0.229 e. The van der Waals surface area contributed by atoms with Crippen molar-refractivity contribution in [2.24, 2.45) is 5.73 Å². The summed E-state index contributed by atoms with van der Waals surface area (Å²) < 4.78 is 24.6. The molecule has 0 aromatic heterocycles. The van der Waals surface area contributed by atoms with Crippen LogP contribution in [0.5, 0.6) is 0 Å². The first-order chi connectivity index (χ1) is 7.80. The van der Waals surface area contributed by atoms with Crippen molar-refractivity contribution < 1.29 is 8.42 Å². The zero-order valence-corrected chi connectivity index (χ0v) is 11.3. The van der Waals surface area contributed by atoms with Gasteiger partial charge in [0.15, 0.2) is 0 Å². The summed E-state index contributed by atoms with van der Waals surface area (Å²) in [6.07, 6.45) is 2.08. The zero-order valence-electron chi connectivity index (χ0n) is 10.5. The minimum absolute atomic E-state index is 0.0520. The van der Waals surface area contributed by atoms with Gasteiger partial charge in [0.25, 0.3) is 0 Å². The van der Waals surface area contributed by atoms with Gasteiger partial charge >= 0.3 is 0 Å². The van der Waals surface area contributed by atoms with Crippen molar-refractivity contribution in [1.29, 1.82) is 0 Å². The summed E-state index contributed by atoms with van der Waals surface area (Å²) in [4.78, 5) is 0. The molecule has 0 saturated heterocycles. The van der Waals surface area contributed by atoms with Crippen LogP contribution in [0.1, 0.15) is 25.8 Å². The van der Waals surface area contributed by atoms with E-state index in [1.165, 1.54) is 0 Å². The second kappa shape index (κ2) is 5.06. The Labute approximate surface area is 103 Å². The molecule has 0 heterocycles. The third-order valence-corrected chi connectivity index (χ3v) is 3.72. The van der Waals surface area contributed by atoms with Gasteiger partial charge in [-0.3, -0.25) is 4.72 Å². The largest absolute Gasteiger partial charge is 0.330 e. The summed E-state index contributed by atoms with van der Waals surface area (Å²) in [5.41, 5.74) is 7.43. The van der Waals surface area contributed by atoms with E-state index in [9.17, 15) is 8.42 Å². The van der Waals surface area contributed by atoms with Gasteiger partial charge in [-0.15, -0.1) is 0 Å². The fourth-order valence-corrected chi connectivity index (χ4v) is 2.19. The molecule has 0 aliphatic heterocycles. The SMILES string of the molecule is CCC(C)(CN)c1ccc(NS(C)(=O)=O)cc1. The molecule has 1 aromatic rings. The highest BCUT2D eigenvalue weighted by Crippen LogP contribution is 2.27. The Morgan fingerprint density at radius 2 is 1.82 bits per heavy atom. The molecule has 0 saturated carbocycles. The number of nitrogens with two attached hydrogens (primary N) is 1. The number of anilines is 1. The molecular formula is C12H20N2O2S. The minimum atomic E-state index is -3.21. The molecule has 0 amide bonds. The lowest BCUT2D eigenvalue weighted by molar-refractivity contribution is 0.467. The smallest absolute Gasteiger partial charge is 0.229 e. The van der Waals surface area contributed by atoms with Crippen LogP contribution in [0.25, 0.3) is 0 Å². The van der Waals surface area contributed by atoms with Crippen LogP contribution in [0.4, 0.5) is 5.69 Å². The van der Waals surface area contributed by atoms with Gasteiger partial charge < -0.3 is 5.73 Å². The van der Waals surface area contributed by atoms with E-state index in [0.717, 1.165) is 18.2 Å². The Kier molecular flexibility index (Phi) is 4.16. The molecule has 0 aliphatic rings. The average Bonchev–Trinajstić information content (AvgIpc) is 2.27. The third-order valence-electron chi connectivity index (χ3n) is 3.12. The van der Waals surface area contributed by atoms with Gasteiger partial charge in [-0.2, -0.15) is 0 Å². The summed E-state index contributed by atoms with van der Waals surface area (Å²) in [5, 5.41) is 0. The quantitative estimate of drug-likeness (QED) is 0.842. The predicted molar refractivity (Wildman–Crippen MR) is 71.6 cm³/mol. The molecule has 5 heteroatoms. The van der Waals surface area contributed by atoms with Gasteiger partial charge in [0.1, 0.15) is 0 Å². The van der Waals surface area contributed by atoms with Crippen LogP contribution in [0.3, 0.4) is 0 Å². The summed E-state index contributed by atoms with van der Waals surface area (Å²) in [6, 6.07) is 7.37. The van der Waals surface area contributed by atoms with Crippen molar-refractivity contribution in [1.82, 2.24) is 0 Å². The first kappa shape index (κ1) is 14.0. The van der Waals surface area contributed by atoms with Gasteiger partial charge in [0.05, 0.1) is 6.26 Å². The first-order valence-corrected chi connectivity index (χ1v) is 7.48. The maximum atomic E-state index is 11.1. The van der Waals surface area contributed by atoms with Crippen LogP contribution < -0.4 is 10.5 Å². The Bertz CT molecular complexity index is 462. The summed E-state index contributed by atoms with van der Waals surface area (Å²) in [7, 11) is -3.21. The fraction of sp³-hybridized carbons (Fsp3) is 0.500. The molecule has 1 aromatic carbocycles. The molecule has 0 radical (unpaired) electrons. The van der Waals surface area contributed by atoms with E-state index < -0.39 is 10.0 Å². The monoisotopic (exact) mass is 256 g/mol. The lowest BCUT2D eigenvalue weighted by Gasteiger charge is -2.27. The van der Waals surface area contributed by atoms with Gasteiger partial charge in [-0.25, -0.2) is 8.42 Å². The maximum absolute atomic E-state index is 11.1. The highest BCUT2D eigenvalue weighted by Gasteiger charge is 2.22. The Morgan fingerprint density at radius 3 is 2.18 bits per heavy atom. The summed E-state index contributed by atoms with van der Waals surface area (Å²) in [6.45, 7) is 4.77. The van der Waals surface area contributed by atoms with Crippen LogP contribution in [0, 0.1) is 0 Å². The van der Waals surface area contributed by atoms with Crippen molar-refractivity contribution in [3.05, 3.63) is 29.8 Å². The molecular weight excluding hydrogens is 236 g/mol. The lowest BCUT2D eigenvalue weighted by Crippen LogP contribution is -2.30. The van der Waals surface area contributed by atoms with Gasteiger partial charge in [-0.1, -0.05) is 26.0 Å². The Morgan fingerprint density at radius 1 is 1.29 bits per heavy atom. The molecule has 1 rings (SSSR count). The zero-order chi connectivity index (χ0) is 13.1. The van der Waals surface area contributed by atoms with Gasteiger partial charge in [-0.05, 0) is 24.1 Å². The molecule has 0 aliphatic carbocycles. The van der Waals surface area contributed by atoms with Crippen molar-refractivity contribution in [2.45, 2.75) is 25.7 Å². The fourth-order valence-electron chi connectivity index (χ4n) is 1.62. The third kappa shape index (κ3) is 3.71. The normalized spacial score (nSPS) is 15.3. The van der Waals surface area contributed by atoms with Gasteiger partial charge in [0.2, 0.25) is 10.0 Å². The van der Waals surface area contributed by atoms with Crippen LogP contribution in [-0.2, 0) is 15.4 Å². The van der Waals surface area contributed by atoms with E-state index in [1.807, 2.05) is 12.1 Å². The van der Waals surface area contributed by atoms with Crippen molar-refractivity contribution in [3.63, 3.8) is 0 Å². The van der Waals surface area contributed by atoms with Crippen molar-refractivity contribution in [3.8, 4) is 0 Å².